The Kier molecular flexibility index (Phi) is 1.15. The Balaban J connectivity index is 3.03. The molecule has 5 nitrogen and oxygen atoms in total. The van der Waals surface area contributed by atoms with Gasteiger partial charge >= 0.3 is 5.69 Å². The fourth-order valence-corrected chi connectivity index (χ4v) is 1.13. The summed E-state index contributed by atoms with van der Waals surface area (Å²) in [5.41, 5.74) is 6.38. The van der Waals surface area contributed by atoms with Crippen LogP contribution in [0.15, 0.2) is 16.9 Å². The van der Waals surface area contributed by atoms with Crippen LogP contribution in [-0.4, -0.2) is 15.1 Å². The van der Waals surface area contributed by atoms with E-state index in [1.165, 1.54) is 12.1 Å². The topological polar surface area (TPSA) is 94.9 Å². The largest absolute Gasteiger partial charge is 0.506 e. The van der Waals surface area contributed by atoms with Crippen LogP contribution in [0.4, 0.5) is 5.69 Å². The maximum atomic E-state index is 10.8. The summed E-state index contributed by atoms with van der Waals surface area (Å²) in [5, 5.41) is 9.26. The minimum absolute atomic E-state index is 0.0116. The number of aromatic hydroxyl groups is 1. The van der Waals surface area contributed by atoms with Crippen molar-refractivity contribution in [2.75, 3.05) is 5.73 Å². The van der Waals surface area contributed by atoms with Crippen molar-refractivity contribution in [3.05, 3.63) is 22.6 Å². The molecule has 0 unspecified atom stereocenters. The smallest absolute Gasteiger partial charge is 0.323 e. The van der Waals surface area contributed by atoms with E-state index in [1.807, 2.05) is 0 Å². The lowest BCUT2D eigenvalue weighted by atomic mass is 10.2. The molecule has 0 atom stereocenters. The van der Waals surface area contributed by atoms with Gasteiger partial charge in [0.2, 0.25) is 0 Å². The molecule has 1 aromatic heterocycles. The average molecular weight is 165 g/mol. The third-order valence-corrected chi connectivity index (χ3v) is 1.69. The summed E-state index contributed by atoms with van der Waals surface area (Å²) < 4.78 is 0. The van der Waals surface area contributed by atoms with E-state index in [0.29, 0.717) is 16.7 Å². The van der Waals surface area contributed by atoms with Crippen molar-refractivity contribution in [2.24, 2.45) is 0 Å². The van der Waals surface area contributed by atoms with Gasteiger partial charge in [0.05, 0.1) is 11.2 Å². The lowest BCUT2D eigenvalue weighted by Gasteiger charge is -1.96. The summed E-state index contributed by atoms with van der Waals surface area (Å²) in [6, 6.07) is 2.96. The van der Waals surface area contributed by atoms with Gasteiger partial charge in [0.15, 0.2) is 0 Å². The summed E-state index contributed by atoms with van der Waals surface area (Å²) >= 11 is 0. The van der Waals surface area contributed by atoms with Crippen molar-refractivity contribution in [1.82, 2.24) is 9.97 Å². The number of rotatable bonds is 0. The molecule has 0 aliphatic rings. The molecule has 0 aliphatic carbocycles. The highest BCUT2D eigenvalue weighted by molar-refractivity contribution is 5.90. The van der Waals surface area contributed by atoms with E-state index in [1.54, 1.807) is 0 Å². The van der Waals surface area contributed by atoms with Gasteiger partial charge in [0, 0.05) is 0 Å². The van der Waals surface area contributed by atoms with Crippen LogP contribution in [0, 0.1) is 0 Å². The first-order chi connectivity index (χ1) is 5.68. The predicted molar refractivity (Wildman–Crippen MR) is 45.0 cm³/mol. The number of nitrogens with two attached hydrogens (primary N) is 1. The second-order valence-electron chi connectivity index (χ2n) is 2.50. The lowest BCUT2D eigenvalue weighted by molar-refractivity contribution is 0.480. The number of anilines is 1. The van der Waals surface area contributed by atoms with Crippen molar-refractivity contribution in [3.63, 3.8) is 0 Å². The van der Waals surface area contributed by atoms with E-state index in [0.717, 1.165) is 0 Å². The average Bonchev–Trinajstić information content (AvgIpc) is 2.41. The number of benzene rings is 1. The SMILES string of the molecule is Nc1ccc(O)c2[nH]c(=O)[nH]c12. The molecule has 62 valence electrons. The number of aromatic nitrogens is 2. The van der Waals surface area contributed by atoms with Crippen LogP contribution < -0.4 is 11.4 Å². The number of hydrogen-bond donors (Lipinski definition) is 4. The Bertz CT molecular complexity index is 441. The van der Waals surface area contributed by atoms with Gasteiger partial charge in [-0.25, -0.2) is 4.79 Å². The Hall–Kier alpha value is -1.91. The summed E-state index contributed by atoms with van der Waals surface area (Å²) in [5.74, 6) is 0.0116. The van der Waals surface area contributed by atoms with E-state index in [2.05, 4.69) is 9.97 Å². The molecule has 1 aromatic carbocycles. The first-order valence-corrected chi connectivity index (χ1v) is 3.38. The fourth-order valence-electron chi connectivity index (χ4n) is 1.13. The second-order valence-corrected chi connectivity index (χ2v) is 2.50. The van der Waals surface area contributed by atoms with E-state index in [-0.39, 0.29) is 11.4 Å². The zero-order valence-corrected chi connectivity index (χ0v) is 6.09. The van der Waals surface area contributed by atoms with Gasteiger partial charge in [-0.1, -0.05) is 0 Å². The molecule has 0 fully saturated rings. The highest BCUT2D eigenvalue weighted by Crippen LogP contribution is 2.24. The first-order valence-electron chi connectivity index (χ1n) is 3.38. The highest BCUT2D eigenvalue weighted by atomic mass is 16.3. The van der Waals surface area contributed by atoms with Crippen LogP contribution >= 0.6 is 0 Å². The van der Waals surface area contributed by atoms with Gasteiger partial charge in [-0.3, -0.25) is 0 Å². The number of hydrogen-bond acceptors (Lipinski definition) is 3. The van der Waals surface area contributed by atoms with Crippen molar-refractivity contribution >= 4 is 16.7 Å². The van der Waals surface area contributed by atoms with E-state index in [9.17, 15) is 9.90 Å². The lowest BCUT2D eigenvalue weighted by Crippen LogP contribution is -1.99. The number of nitrogen functional groups attached to an aromatic ring is 1. The molecule has 0 aliphatic heterocycles. The molecule has 5 N–H and O–H groups in total. The molecular formula is C7H7N3O2. The van der Waals surface area contributed by atoms with Crippen LogP contribution in [0.3, 0.4) is 0 Å². The zero-order chi connectivity index (χ0) is 8.72. The van der Waals surface area contributed by atoms with E-state index >= 15 is 0 Å². The highest BCUT2D eigenvalue weighted by Gasteiger charge is 2.05. The van der Waals surface area contributed by atoms with Crippen molar-refractivity contribution in [3.8, 4) is 5.75 Å². The maximum Gasteiger partial charge on any atom is 0.323 e. The minimum Gasteiger partial charge on any atom is -0.506 e. The molecule has 5 heteroatoms. The van der Waals surface area contributed by atoms with Gasteiger partial charge in [-0.2, -0.15) is 0 Å². The molecule has 0 saturated heterocycles. The van der Waals surface area contributed by atoms with Gasteiger partial charge in [-0.05, 0) is 12.1 Å². The first kappa shape index (κ1) is 6.78. The third-order valence-electron chi connectivity index (χ3n) is 1.69. The molecule has 1 heterocycles. The summed E-state index contributed by atoms with van der Waals surface area (Å²) in [4.78, 5) is 15.7. The number of nitrogens with one attached hydrogen (secondary N) is 2. The monoisotopic (exact) mass is 165 g/mol. The van der Waals surface area contributed by atoms with Crippen LogP contribution in [0.1, 0.15) is 0 Å². The maximum absolute atomic E-state index is 10.8. The van der Waals surface area contributed by atoms with Gasteiger partial charge in [0.25, 0.3) is 0 Å². The van der Waals surface area contributed by atoms with Gasteiger partial charge in [0.1, 0.15) is 11.3 Å². The minimum atomic E-state index is -0.377. The molecule has 12 heavy (non-hydrogen) atoms. The molecule has 0 spiro atoms. The van der Waals surface area contributed by atoms with Crippen LogP contribution in [0.5, 0.6) is 5.75 Å². The number of H-pyrrole nitrogens is 2. The molecule has 0 bridgehead atoms. The molecule has 0 amide bonds. The van der Waals surface area contributed by atoms with E-state index in [4.69, 9.17) is 5.73 Å². The Labute approximate surface area is 66.8 Å². The quantitative estimate of drug-likeness (QED) is 0.330. The van der Waals surface area contributed by atoms with Crippen LogP contribution in [0.25, 0.3) is 11.0 Å². The Morgan fingerprint density at radius 1 is 1.25 bits per heavy atom. The molecule has 2 rings (SSSR count). The standard InChI is InChI=1S/C7H7N3O2/c8-3-1-2-4(11)6-5(3)9-7(12)10-6/h1-2,11H,8H2,(H2,9,10,12). The van der Waals surface area contributed by atoms with Gasteiger partial charge < -0.3 is 20.8 Å². The number of imidazole rings is 1. The zero-order valence-electron chi connectivity index (χ0n) is 6.09. The third kappa shape index (κ3) is 0.763. The number of fused-ring (bicyclic) bond motifs is 1. The molecular weight excluding hydrogens is 158 g/mol. The van der Waals surface area contributed by atoms with Crippen LogP contribution in [-0.2, 0) is 0 Å². The Morgan fingerprint density at radius 2 is 1.92 bits per heavy atom. The number of phenols is 1. The van der Waals surface area contributed by atoms with Crippen molar-refractivity contribution in [2.45, 2.75) is 0 Å². The molecule has 0 saturated carbocycles. The van der Waals surface area contributed by atoms with Crippen molar-refractivity contribution in [1.29, 1.82) is 0 Å². The Morgan fingerprint density at radius 3 is 2.58 bits per heavy atom. The fraction of sp³-hybridized carbons (Fsp3) is 0. The summed E-state index contributed by atoms with van der Waals surface area (Å²) in [6.45, 7) is 0. The van der Waals surface area contributed by atoms with Crippen molar-refractivity contribution < 1.29 is 5.11 Å². The number of phenolic OH excluding ortho intramolecular Hbond substituents is 1. The predicted octanol–water partition coefficient (Wildman–Crippen LogP) is 0.144. The second kappa shape index (κ2) is 2.04. The summed E-state index contributed by atoms with van der Waals surface area (Å²) in [6.07, 6.45) is 0. The van der Waals surface area contributed by atoms with E-state index < -0.39 is 0 Å². The number of aromatic amines is 2. The molecule has 0 radical (unpaired) electrons. The molecule has 2 aromatic rings. The summed E-state index contributed by atoms with van der Waals surface area (Å²) in [7, 11) is 0. The van der Waals surface area contributed by atoms with Crippen LogP contribution in [0.2, 0.25) is 0 Å². The normalized spacial score (nSPS) is 10.7. The van der Waals surface area contributed by atoms with Gasteiger partial charge in [-0.15, -0.1) is 0 Å².